The minimum Gasteiger partial charge on any atom is -0.469 e. The number of nitrogens with zero attached hydrogens (tertiary/aromatic N) is 1. The van der Waals surface area contributed by atoms with Crippen molar-refractivity contribution in [1.82, 2.24) is 4.90 Å². The number of alkyl halides is 3. The van der Waals surface area contributed by atoms with Gasteiger partial charge in [-0.05, 0) is 42.0 Å². The first-order chi connectivity index (χ1) is 14.9. The lowest BCUT2D eigenvalue weighted by Gasteiger charge is -2.44. The van der Waals surface area contributed by atoms with Gasteiger partial charge in [0.15, 0.2) is 0 Å². The van der Waals surface area contributed by atoms with Gasteiger partial charge in [-0.3, -0.25) is 9.59 Å². The zero-order chi connectivity index (χ0) is 24.1. The van der Waals surface area contributed by atoms with Crippen LogP contribution < -0.4 is 4.18 Å². The van der Waals surface area contributed by atoms with Gasteiger partial charge in [-0.1, -0.05) is 26.8 Å². The van der Waals surface area contributed by atoms with E-state index in [1.165, 1.54) is 19.2 Å². The molecule has 3 aliphatic rings. The second kappa shape index (κ2) is 8.24. The summed E-state index contributed by atoms with van der Waals surface area (Å²) in [4.78, 5) is 26.9. The third-order valence-corrected chi connectivity index (χ3v) is 7.56. The Kier molecular flexibility index (Phi) is 6.27. The van der Waals surface area contributed by atoms with E-state index >= 15 is 0 Å². The highest BCUT2D eigenvalue weighted by Crippen LogP contribution is 2.61. The predicted octanol–water partition coefficient (Wildman–Crippen LogP) is 3.37. The second-order valence-electron chi connectivity index (χ2n) is 8.06. The maximum Gasteiger partial charge on any atom is 0.534 e. The molecule has 32 heavy (non-hydrogen) atoms. The van der Waals surface area contributed by atoms with E-state index in [1.54, 1.807) is 4.90 Å². The predicted molar refractivity (Wildman–Crippen MR) is 108 cm³/mol. The molecule has 0 aromatic heterocycles. The molecule has 4 rings (SSSR count). The van der Waals surface area contributed by atoms with Gasteiger partial charge in [-0.2, -0.15) is 21.6 Å². The molecule has 1 aromatic carbocycles. The average molecular weight is 478 g/mol. The number of hydrogen-bond acceptors (Lipinski definition) is 6. The molecule has 1 aliphatic carbocycles. The summed E-state index contributed by atoms with van der Waals surface area (Å²) in [6.45, 7) is 6.25. The zero-order valence-corrected chi connectivity index (χ0v) is 19.0. The quantitative estimate of drug-likeness (QED) is 0.377. The van der Waals surface area contributed by atoms with E-state index in [0.717, 1.165) is 11.6 Å². The molecule has 3 unspecified atom stereocenters. The molecule has 1 saturated carbocycles. The first-order valence-corrected chi connectivity index (χ1v) is 11.9. The molecule has 2 fully saturated rings. The number of hydrogen-bond donors (Lipinski definition) is 0. The molecule has 0 radical (unpaired) electrons. The monoisotopic (exact) mass is 477 g/mol. The van der Waals surface area contributed by atoms with Gasteiger partial charge >= 0.3 is 21.6 Å². The second-order valence-corrected chi connectivity index (χ2v) is 9.60. The van der Waals surface area contributed by atoms with E-state index in [0.29, 0.717) is 24.9 Å². The molecule has 11 heteroatoms. The van der Waals surface area contributed by atoms with Crippen molar-refractivity contribution in [2.75, 3.05) is 13.7 Å². The lowest BCUT2D eigenvalue weighted by Crippen LogP contribution is -2.49. The van der Waals surface area contributed by atoms with Crippen LogP contribution in [0.2, 0.25) is 0 Å². The highest BCUT2D eigenvalue weighted by molar-refractivity contribution is 7.88. The van der Waals surface area contributed by atoms with Crippen molar-refractivity contribution in [3.63, 3.8) is 0 Å². The number of carbonyl (C=O) groups excluding carboxylic acids is 2. The summed E-state index contributed by atoms with van der Waals surface area (Å²) < 4.78 is 69.8. The first-order valence-electron chi connectivity index (χ1n) is 10.4. The molecule has 0 N–H and O–H groups in total. The molecular formula is C21H26F3NO6S. The molecule has 7 nitrogen and oxygen atoms in total. The number of rotatable bonds is 3. The molecule has 1 spiro atoms. The van der Waals surface area contributed by atoms with E-state index < -0.39 is 32.8 Å². The van der Waals surface area contributed by atoms with Gasteiger partial charge in [-0.15, -0.1) is 0 Å². The number of methoxy groups -OCH3 is 1. The van der Waals surface area contributed by atoms with Crippen LogP contribution in [0, 0.1) is 17.8 Å². The topological polar surface area (TPSA) is 90.0 Å². The summed E-state index contributed by atoms with van der Waals surface area (Å²) in [6, 6.07) is 3.96. The molecule has 178 valence electrons. The standard InChI is InChI=1S/C19H20F3NO6S.C2H6/c1-10-9-18-13-4-3-12(29-30(26,27)19(20,21)22)7-11(13)5-6-23(18)15(24)8-14(18)16(10)17(25)28-2;1-2/h3-4,7,10,14,16H,5-6,8-9H2,1-2H3;1-2H3/t10?,14?,16-,18?;/m1./s1. The fourth-order valence-corrected chi connectivity index (χ4v) is 6.01. The Balaban J connectivity index is 0.00000141. The lowest BCUT2D eigenvalue weighted by molar-refractivity contribution is -0.148. The number of carbonyl (C=O) groups is 2. The van der Waals surface area contributed by atoms with Crippen molar-refractivity contribution in [3.8, 4) is 5.75 Å². The van der Waals surface area contributed by atoms with Crippen LogP contribution in [-0.4, -0.2) is 44.4 Å². The third kappa shape index (κ3) is 3.54. The molecular weight excluding hydrogens is 451 g/mol. The van der Waals surface area contributed by atoms with Crippen molar-refractivity contribution in [2.45, 2.75) is 51.1 Å². The van der Waals surface area contributed by atoms with Crippen LogP contribution in [0.1, 0.15) is 44.7 Å². The minimum absolute atomic E-state index is 0.0643. The normalized spacial score (nSPS) is 28.8. The number of esters is 1. The Hall–Kier alpha value is -2.30. The van der Waals surface area contributed by atoms with Crippen LogP contribution in [-0.2, 0) is 36.4 Å². The fourth-order valence-electron chi connectivity index (χ4n) is 5.56. The summed E-state index contributed by atoms with van der Waals surface area (Å²) in [5.74, 6) is -1.76. The minimum atomic E-state index is -5.78. The third-order valence-electron chi connectivity index (χ3n) is 6.58. The molecule has 2 aliphatic heterocycles. The molecule has 1 aromatic rings. The Bertz CT molecular complexity index is 1020. The fraction of sp³-hybridized carbons (Fsp3) is 0.619. The van der Waals surface area contributed by atoms with Crippen molar-refractivity contribution < 1.29 is 40.1 Å². The van der Waals surface area contributed by atoms with Crippen molar-refractivity contribution in [3.05, 3.63) is 29.3 Å². The van der Waals surface area contributed by atoms with Crippen LogP contribution in [0.5, 0.6) is 5.75 Å². The van der Waals surface area contributed by atoms with Gasteiger partial charge in [0.25, 0.3) is 0 Å². The largest absolute Gasteiger partial charge is 0.534 e. The molecule has 4 atom stereocenters. The number of benzene rings is 1. The van der Waals surface area contributed by atoms with E-state index in [4.69, 9.17) is 4.74 Å². The van der Waals surface area contributed by atoms with E-state index in [2.05, 4.69) is 4.18 Å². The SMILES string of the molecule is CC.COC(=O)[C@@H]1C(C)CC23c4ccc(OS(=O)(=O)C(F)(F)F)cc4CCN2C(=O)CC13. The summed E-state index contributed by atoms with van der Waals surface area (Å²) in [5, 5.41) is 0. The number of amides is 1. The number of ether oxygens (including phenoxy) is 1. The highest BCUT2D eigenvalue weighted by Gasteiger charge is 2.65. The van der Waals surface area contributed by atoms with E-state index in [-0.39, 0.29) is 30.1 Å². The van der Waals surface area contributed by atoms with Crippen molar-refractivity contribution in [2.24, 2.45) is 17.8 Å². The first kappa shape index (κ1) is 24.3. The Morgan fingerprint density at radius 1 is 1.25 bits per heavy atom. The lowest BCUT2D eigenvalue weighted by atomic mass is 9.74. The van der Waals surface area contributed by atoms with Gasteiger partial charge in [0.05, 0.1) is 18.6 Å². The molecule has 1 saturated heterocycles. The summed E-state index contributed by atoms with van der Waals surface area (Å²) in [7, 11) is -4.48. The Morgan fingerprint density at radius 2 is 1.91 bits per heavy atom. The van der Waals surface area contributed by atoms with Gasteiger partial charge in [0, 0.05) is 18.9 Å². The van der Waals surface area contributed by atoms with Crippen LogP contribution >= 0.6 is 0 Å². The van der Waals surface area contributed by atoms with E-state index in [9.17, 15) is 31.2 Å². The summed E-state index contributed by atoms with van der Waals surface area (Å²) in [5.41, 5.74) is -4.96. The Labute approximate surface area is 185 Å². The summed E-state index contributed by atoms with van der Waals surface area (Å²) in [6.07, 6.45) is 1.04. The van der Waals surface area contributed by atoms with Crippen LogP contribution in [0.15, 0.2) is 18.2 Å². The highest BCUT2D eigenvalue weighted by atomic mass is 32.2. The molecule has 2 heterocycles. The van der Waals surface area contributed by atoms with Crippen molar-refractivity contribution >= 4 is 22.0 Å². The van der Waals surface area contributed by atoms with Crippen molar-refractivity contribution in [1.29, 1.82) is 0 Å². The average Bonchev–Trinajstić information content (AvgIpc) is 3.15. The van der Waals surface area contributed by atoms with Gasteiger partial charge < -0.3 is 13.8 Å². The Morgan fingerprint density at radius 3 is 2.50 bits per heavy atom. The maximum atomic E-state index is 12.7. The van der Waals surface area contributed by atoms with Crippen LogP contribution in [0.3, 0.4) is 0 Å². The number of fused-ring (bicyclic) bond motifs is 1. The van der Waals surface area contributed by atoms with Crippen LogP contribution in [0.25, 0.3) is 0 Å². The van der Waals surface area contributed by atoms with Gasteiger partial charge in [-0.25, -0.2) is 0 Å². The summed E-state index contributed by atoms with van der Waals surface area (Å²) >= 11 is 0. The van der Waals surface area contributed by atoms with Gasteiger partial charge in [0.1, 0.15) is 5.75 Å². The van der Waals surface area contributed by atoms with Crippen LogP contribution in [0.4, 0.5) is 13.2 Å². The maximum absolute atomic E-state index is 12.7. The van der Waals surface area contributed by atoms with Gasteiger partial charge in [0.2, 0.25) is 5.91 Å². The zero-order valence-electron chi connectivity index (χ0n) is 18.2. The smallest absolute Gasteiger partial charge is 0.469 e. The molecule has 1 amide bonds. The number of halogens is 3. The van der Waals surface area contributed by atoms with E-state index in [1.807, 2.05) is 20.8 Å². The molecule has 0 bridgehead atoms.